The molecule has 1 amide bonds. The van der Waals surface area contributed by atoms with E-state index < -0.39 is 0 Å². The molecule has 0 saturated carbocycles. The number of hydrogen-bond acceptors (Lipinski definition) is 4. The summed E-state index contributed by atoms with van der Waals surface area (Å²) in [5.74, 6) is 1.00. The first kappa shape index (κ1) is 17.6. The fourth-order valence-corrected chi connectivity index (χ4v) is 2.97. The molecule has 1 aliphatic heterocycles. The lowest BCUT2D eigenvalue weighted by Gasteiger charge is -2.36. The Bertz CT molecular complexity index is 529. The van der Waals surface area contributed by atoms with Crippen molar-refractivity contribution in [2.45, 2.75) is 40.2 Å². The molecule has 23 heavy (non-hydrogen) atoms. The third-order valence-electron chi connectivity index (χ3n) is 4.41. The van der Waals surface area contributed by atoms with Crippen LogP contribution in [0.25, 0.3) is 0 Å². The van der Waals surface area contributed by atoms with Crippen LogP contribution in [-0.2, 0) is 4.79 Å². The van der Waals surface area contributed by atoms with Gasteiger partial charge in [0.1, 0.15) is 11.8 Å². The van der Waals surface area contributed by atoms with Gasteiger partial charge in [0.15, 0.2) is 0 Å². The van der Waals surface area contributed by atoms with Crippen molar-refractivity contribution in [3.63, 3.8) is 0 Å². The first-order valence-corrected chi connectivity index (χ1v) is 8.71. The Morgan fingerprint density at radius 3 is 2.57 bits per heavy atom. The Morgan fingerprint density at radius 2 is 1.96 bits per heavy atom. The highest BCUT2D eigenvalue weighted by Crippen LogP contribution is 2.35. The number of hydrogen-bond donors (Lipinski definition) is 1. The second kappa shape index (κ2) is 8.20. The largest absolute Gasteiger partial charge is 0.494 e. The fraction of sp³-hybridized carbons (Fsp3) is 0.611. The summed E-state index contributed by atoms with van der Waals surface area (Å²) in [5.41, 5.74) is 1.94. The molecule has 0 spiro atoms. The molecule has 5 nitrogen and oxygen atoms in total. The van der Waals surface area contributed by atoms with Crippen molar-refractivity contribution in [1.29, 1.82) is 0 Å². The van der Waals surface area contributed by atoms with Crippen LogP contribution in [0.15, 0.2) is 18.2 Å². The second-order valence-corrected chi connectivity index (χ2v) is 5.73. The van der Waals surface area contributed by atoms with Crippen LogP contribution < -0.4 is 15.0 Å². The van der Waals surface area contributed by atoms with E-state index in [-0.39, 0.29) is 11.9 Å². The number of fused-ring (bicyclic) bond motifs is 1. The number of amides is 1. The summed E-state index contributed by atoms with van der Waals surface area (Å²) in [6.45, 7) is 12.6. The Kier molecular flexibility index (Phi) is 6.28. The van der Waals surface area contributed by atoms with Crippen LogP contribution in [0.5, 0.6) is 5.75 Å². The molecule has 1 heterocycles. The van der Waals surface area contributed by atoms with E-state index in [1.165, 1.54) is 0 Å². The maximum Gasteiger partial charge on any atom is 0.249 e. The van der Waals surface area contributed by atoms with Crippen molar-refractivity contribution in [3.05, 3.63) is 18.2 Å². The molecule has 1 aromatic carbocycles. The minimum absolute atomic E-state index is 0.156. The van der Waals surface area contributed by atoms with Gasteiger partial charge in [-0.3, -0.25) is 4.79 Å². The average molecular weight is 319 g/mol. The van der Waals surface area contributed by atoms with Gasteiger partial charge in [-0.25, -0.2) is 0 Å². The normalized spacial score (nSPS) is 17.2. The highest BCUT2D eigenvalue weighted by molar-refractivity contribution is 6.05. The summed E-state index contributed by atoms with van der Waals surface area (Å²) in [5, 5.41) is 3.36. The predicted octanol–water partition coefficient (Wildman–Crippen LogP) is 2.96. The quantitative estimate of drug-likeness (QED) is 0.800. The van der Waals surface area contributed by atoms with E-state index in [1.54, 1.807) is 0 Å². The van der Waals surface area contributed by atoms with E-state index >= 15 is 0 Å². The van der Waals surface area contributed by atoms with Crippen LogP contribution in [0.2, 0.25) is 0 Å². The lowest BCUT2D eigenvalue weighted by Crippen LogP contribution is -2.49. The zero-order valence-corrected chi connectivity index (χ0v) is 14.8. The van der Waals surface area contributed by atoms with Crippen LogP contribution in [-0.4, -0.2) is 49.6 Å². The number of carbonyl (C=O) groups is 1. The lowest BCUT2D eigenvalue weighted by atomic mass is 10.1. The third kappa shape index (κ3) is 3.96. The third-order valence-corrected chi connectivity index (χ3v) is 4.41. The molecule has 1 aliphatic rings. The molecule has 128 valence electrons. The van der Waals surface area contributed by atoms with Gasteiger partial charge < -0.3 is 19.9 Å². The highest BCUT2D eigenvalue weighted by Gasteiger charge is 2.31. The molecule has 5 heteroatoms. The Morgan fingerprint density at radius 1 is 1.22 bits per heavy atom. The molecule has 1 atom stereocenters. The topological polar surface area (TPSA) is 44.8 Å². The Labute approximate surface area is 139 Å². The second-order valence-electron chi connectivity index (χ2n) is 5.73. The lowest BCUT2D eigenvalue weighted by molar-refractivity contribution is -0.119. The Balaban J connectivity index is 2.24. The summed E-state index contributed by atoms with van der Waals surface area (Å²) >= 11 is 0. The summed E-state index contributed by atoms with van der Waals surface area (Å²) in [7, 11) is 0. The summed E-state index contributed by atoms with van der Waals surface area (Å²) < 4.78 is 5.58. The number of likely N-dealkylation sites (N-methyl/N-ethyl adjacent to an activating group) is 1. The molecule has 2 rings (SSSR count). The minimum Gasteiger partial charge on any atom is -0.494 e. The summed E-state index contributed by atoms with van der Waals surface area (Å²) in [6, 6.07) is 5.77. The van der Waals surface area contributed by atoms with E-state index in [0.717, 1.165) is 49.7 Å². The molecular weight excluding hydrogens is 290 g/mol. The van der Waals surface area contributed by atoms with Crippen molar-refractivity contribution in [1.82, 2.24) is 4.90 Å². The predicted molar refractivity (Wildman–Crippen MR) is 95.5 cm³/mol. The van der Waals surface area contributed by atoms with Crippen LogP contribution in [0.4, 0.5) is 11.4 Å². The van der Waals surface area contributed by atoms with Gasteiger partial charge in [-0.15, -0.1) is 0 Å². The van der Waals surface area contributed by atoms with Crippen LogP contribution in [0, 0.1) is 0 Å². The van der Waals surface area contributed by atoms with Crippen molar-refractivity contribution >= 4 is 17.3 Å². The molecule has 0 saturated heterocycles. The number of nitrogens with zero attached hydrogens (tertiary/aromatic N) is 2. The number of rotatable bonds is 8. The van der Waals surface area contributed by atoms with Crippen LogP contribution in [0.3, 0.4) is 0 Å². The van der Waals surface area contributed by atoms with E-state index in [1.807, 2.05) is 36.9 Å². The molecule has 0 fully saturated rings. The van der Waals surface area contributed by atoms with Gasteiger partial charge in [0.25, 0.3) is 0 Å². The molecule has 1 N–H and O–H groups in total. The zero-order chi connectivity index (χ0) is 16.8. The molecular formula is C18H29N3O2. The molecule has 0 aliphatic carbocycles. The summed E-state index contributed by atoms with van der Waals surface area (Å²) in [6.07, 6.45) is 0.777. The number of anilines is 2. The van der Waals surface area contributed by atoms with Gasteiger partial charge in [-0.1, -0.05) is 20.8 Å². The van der Waals surface area contributed by atoms with Crippen LogP contribution in [0.1, 0.15) is 34.1 Å². The SMILES string of the molecule is CCOc1ccc2c(c1)NC(CC)C(=O)N2CCN(CC)CC. The van der Waals surface area contributed by atoms with E-state index in [9.17, 15) is 4.79 Å². The molecule has 0 radical (unpaired) electrons. The highest BCUT2D eigenvalue weighted by atomic mass is 16.5. The molecule has 1 unspecified atom stereocenters. The fourth-order valence-electron chi connectivity index (χ4n) is 2.97. The molecule has 0 aromatic heterocycles. The van der Waals surface area contributed by atoms with Gasteiger partial charge in [-0.2, -0.15) is 0 Å². The van der Waals surface area contributed by atoms with Gasteiger partial charge in [-0.05, 0) is 38.6 Å². The standard InChI is InChI=1S/C18H29N3O2/c1-5-15-18(22)21(12-11-20(6-2)7-3)17-10-9-14(23-8-4)13-16(17)19-15/h9-10,13,15,19H,5-8,11-12H2,1-4H3. The van der Waals surface area contributed by atoms with E-state index in [0.29, 0.717) is 6.61 Å². The Hall–Kier alpha value is -1.75. The van der Waals surface area contributed by atoms with E-state index in [4.69, 9.17) is 4.74 Å². The summed E-state index contributed by atoms with van der Waals surface area (Å²) in [4.78, 5) is 17.0. The average Bonchev–Trinajstić information content (AvgIpc) is 2.57. The van der Waals surface area contributed by atoms with Gasteiger partial charge in [0.05, 0.1) is 18.0 Å². The van der Waals surface area contributed by atoms with Gasteiger partial charge in [0.2, 0.25) is 5.91 Å². The maximum atomic E-state index is 12.7. The van der Waals surface area contributed by atoms with Crippen molar-refractivity contribution in [3.8, 4) is 5.75 Å². The number of carbonyl (C=O) groups excluding carboxylic acids is 1. The molecule has 0 bridgehead atoms. The van der Waals surface area contributed by atoms with Gasteiger partial charge >= 0.3 is 0 Å². The minimum atomic E-state index is -0.156. The van der Waals surface area contributed by atoms with Crippen molar-refractivity contribution in [2.75, 3.05) is 43.0 Å². The first-order chi connectivity index (χ1) is 11.1. The maximum absolute atomic E-state index is 12.7. The van der Waals surface area contributed by atoms with E-state index in [2.05, 4.69) is 24.1 Å². The van der Waals surface area contributed by atoms with Gasteiger partial charge in [0, 0.05) is 19.2 Å². The number of benzene rings is 1. The zero-order valence-electron chi connectivity index (χ0n) is 14.8. The van der Waals surface area contributed by atoms with Crippen molar-refractivity contribution in [2.24, 2.45) is 0 Å². The number of nitrogens with one attached hydrogen (secondary N) is 1. The smallest absolute Gasteiger partial charge is 0.249 e. The van der Waals surface area contributed by atoms with Crippen LogP contribution >= 0.6 is 0 Å². The monoisotopic (exact) mass is 319 g/mol. The molecule has 1 aromatic rings. The number of ether oxygens (including phenoxy) is 1. The van der Waals surface area contributed by atoms with Crippen molar-refractivity contribution < 1.29 is 9.53 Å². The first-order valence-electron chi connectivity index (χ1n) is 8.71.